The summed E-state index contributed by atoms with van der Waals surface area (Å²) >= 11 is 2.98. The Labute approximate surface area is 86.7 Å². The Bertz CT molecular complexity index is 433. The van der Waals surface area contributed by atoms with Gasteiger partial charge in [-0.05, 0) is 12.1 Å². The van der Waals surface area contributed by atoms with Crippen molar-refractivity contribution < 1.29 is 13.2 Å². The van der Waals surface area contributed by atoms with E-state index in [-0.39, 0.29) is 11.3 Å². The van der Waals surface area contributed by atoms with E-state index in [1.807, 2.05) is 0 Å². The Hall–Kier alpha value is -1.23. The number of halogens is 3. The highest BCUT2D eigenvalue weighted by Crippen LogP contribution is 2.28. The van der Waals surface area contributed by atoms with Crippen LogP contribution in [0.3, 0.4) is 0 Å². The normalized spacial score (nSPS) is 10.5. The molecule has 0 aliphatic carbocycles. The third-order valence-electron chi connectivity index (χ3n) is 1.69. The topological polar surface area (TPSA) is 26.0 Å². The highest BCUT2D eigenvalue weighted by molar-refractivity contribution is 9.10. The van der Waals surface area contributed by atoms with E-state index in [2.05, 4.69) is 20.9 Å². The Morgan fingerprint density at radius 1 is 1.21 bits per heavy atom. The van der Waals surface area contributed by atoms with Gasteiger partial charge in [0.25, 0.3) is 0 Å². The zero-order valence-corrected chi connectivity index (χ0v) is 8.38. The van der Waals surface area contributed by atoms with Crippen LogP contribution in [0.2, 0.25) is 0 Å². The molecule has 0 spiro atoms. The van der Waals surface area contributed by atoms with Gasteiger partial charge in [0.1, 0.15) is 11.6 Å². The molecule has 0 saturated heterocycles. The average molecular weight is 260 g/mol. The maximum absolute atomic E-state index is 13.3. The number of rotatable bonds is 1. The van der Waals surface area contributed by atoms with E-state index in [0.29, 0.717) is 4.47 Å². The molecule has 0 amide bonds. The lowest BCUT2D eigenvalue weighted by Crippen LogP contribution is -1.88. The lowest BCUT2D eigenvalue weighted by Gasteiger charge is -2.01. The van der Waals surface area contributed by atoms with Crippen molar-refractivity contribution in [3.63, 3.8) is 0 Å². The molecule has 1 aromatic carbocycles. The third kappa shape index (κ3) is 1.55. The van der Waals surface area contributed by atoms with Crippen LogP contribution in [-0.2, 0) is 0 Å². The van der Waals surface area contributed by atoms with Crippen molar-refractivity contribution in [3.05, 3.63) is 40.8 Å². The minimum Gasteiger partial charge on any atom is -0.443 e. The van der Waals surface area contributed by atoms with Crippen molar-refractivity contribution in [2.45, 2.75) is 0 Å². The number of nitrogens with zero attached hydrogens (tertiary/aromatic N) is 1. The Balaban J connectivity index is 2.64. The molecule has 0 bridgehead atoms. The highest BCUT2D eigenvalue weighted by atomic mass is 79.9. The van der Waals surface area contributed by atoms with Crippen LogP contribution in [0.25, 0.3) is 11.3 Å². The summed E-state index contributed by atoms with van der Waals surface area (Å²) in [6.45, 7) is 0. The van der Waals surface area contributed by atoms with Crippen LogP contribution in [0.4, 0.5) is 8.78 Å². The molecular formula is C9H4BrF2NO. The number of hydrogen-bond donors (Lipinski definition) is 0. The van der Waals surface area contributed by atoms with Gasteiger partial charge in [0.2, 0.25) is 0 Å². The fourth-order valence-corrected chi connectivity index (χ4v) is 1.52. The summed E-state index contributed by atoms with van der Waals surface area (Å²) in [6.07, 6.45) is 2.38. The van der Waals surface area contributed by atoms with Crippen LogP contribution >= 0.6 is 15.9 Å². The quantitative estimate of drug-likeness (QED) is 0.785. The molecule has 0 unspecified atom stereocenters. The van der Waals surface area contributed by atoms with Crippen molar-refractivity contribution >= 4 is 15.9 Å². The number of aromatic nitrogens is 1. The molecule has 0 fully saturated rings. The SMILES string of the molecule is Fc1cc(Br)cc(F)c1-c1cnco1. The molecule has 1 heterocycles. The van der Waals surface area contributed by atoms with Crippen molar-refractivity contribution in [1.29, 1.82) is 0 Å². The Morgan fingerprint density at radius 3 is 2.36 bits per heavy atom. The maximum atomic E-state index is 13.3. The Morgan fingerprint density at radius 2 is 1.86 bits per heavy atom. The molecule has 72 valence electrons. The first-order valence-corrected chi connectivity index (χ1v) is 4.51. The predicted octanol–water partition coefficient (Wildman–Crippen LogP) is 3.38. The van der Waals surface area contributed by atoms with E-state index in [1.165, 1.54) is 18.3 Å². The summed E-state index contributed by atoms with van der Waals surface area (Å²) in [5.74, 6) is -1.30. The molecule has 0 N–H and O–H groups in total. The zero-order valence-electron chi connectivity index (χ0n) is 6.80. The second-order valence-electron chi connectivity index (χ2n) is 2.61. The van der Waals surface area contributed by atoms with Crippen LogP contribution < -0.4 is 0 Å². The average Bonchev–Trinajstić information content (AvgIpc) is 2.54. The molecule has 2 aromatic rings. The molecule has 0 aliphatic rings. The molecule has 14 heavy (non-hydrogen) atoms. The van der Waals surface area contributed by atoms with Crippen LogP contribution in [0.1, 0.15) is 0 Å². The van der Waals surface area contributed by atoms with Crippen LogP contribution in [0.5, 0.6) is 0 Å². The van der Waals surface area contributed by atoms with E-state index in [0.717, 1.165) is 6.39 Å². The van der Waals surface area contributed by atoms with E-state index in [9.17, 15) is 8.78 Å². The van der Waals surface area contributed by atoms with Gasteiger partial charge in [0.15, 0.2) is 12.2 Å². The van der Waals surface area contributed by atoms with Gasteiger partial charge in [-0.15, -0.1) is 0 Å². The van der Waals surface area contributed by atoms with Crippen LogP contribution in [-0.4, -0.2) is 4.98 Å². The van der Waals surface area contributed by atoms with Crippen molar-refractivity contribution in [3.8, 4) is 11.3 Å². The first-order chi connectivity index (χ1) is 6.68. The first kappa shape index (κ1) is 9.33. The molecule has 0 saturated carbocycles. The van der Waals surface area contributed by atoms with Gasteiger partial charge in [-0.2, -0.15) is 0 Å². The third-order valence-corrected chi connectivity index (χ3v) is 2.14. The first-order valence-electron chi connectivity index (χ1n) is 3.72. The van der Waals surface area contributed by atoms with Crippen LogP contribution in [0.15, 0.2) is 33.6 Å². The number of hydrogen-bond acceptors (Lipinski definition) is 2. The van der Waals surface area contributed by atoms with Gasteiger partial charge in [0, 0.05) is 4.47 Å². The highest BCUT2D eigenvalue weighted by Gasteiger charge is 2.15. The molecule has 5 heteroatoms. The lowest BCUT2D eigenvalue weighted by molar-refractivity contribution is 0.543. The molecule has 1 aromatic heterocycles. The maximum Gasteiger partial charge on any atom is 0.181 e. The summed E-state index contributed by atoms with van der Waals surface area (Å²) in [6, 6.07) is 2.34. The van der Waals surface area contributed by atoms with Crippen molar-refractivity contribution in [2.24, 2.45) is 0 Å². The summed E-state index contributed by atoms with van der Waals surface area (Å²) in [4.78, 5) is 3.59. The second kappa shape index (κ2) is 3.49. The van der Waals surface area contributed by atoms with Crippen molar-refractivity contribution in [2.75, 3.05) is 0 Å². The van der Waals surface area contributed by atoms with Gasteiger partial charge in [-0.3, -0.25) is 0 Å². The van der Waals surface area contributed by atoms with Gasteiger partial charge in [-0.1, -0.05) is 15.9 Å². The van der Waals surface area contributed by atoms with Crippen molar-refractivity contribution in [1.82, 2.24) is 4.98 Å². The molecule has 2 rings (SSSR count). The van der Waals surface area contributed by atoms with E-state index in [1.54, 1.807) is 0 Å². The number of benzene rings is 1. The molecule has 2 nitrogen and oxygen atoms in total. The summed E-state index contributed by atoms with van der Waals surface area (Å²) in [5.41, 5.74) is -0.203. The van der Waals surface area contributed by atoms with E-state index in [4.69, 9.17) is 4.42 Å². The summed E-state index contributed by atoms with van der Waals surface area (Å²) in [7, 11) is 0. The minimum atomic E-state index is -0.686. The fourth-order valence-electron chi connectivity index (χ4n) is 1.12. The summed E-state index contributed by atoms with van der Waals surface area (Å²) in [5, 5.41) is 0. The van der Waals surface area contributed by atoms with E-state index < -0.39 is 11.6 Å². The van der Waals surface area contributed by atoms with Crippen LogP contribution in [0, 0.1) is 11.6 Å². The molecular weight excluding hydrogens is 256 g/mol. The number of oxazole rings is 1. The van der Waals surface area contributed by atoms with E-state index >= 15 is 0 Å². The fraction of sp³-hybridized carbons (Fsp3) is 0. The largest absolute Gasteiger partial charge is 0.443 e. The van der Waals surface area contributed by atoms with Gasteiger partial charge in [0.05, 0.1) is 11.8 Å². The molecule has 0 aliphatic heterocycles. The molecule has 0 atom stereocenters. The zero-order chi connectivity index (χ0) is 10.1. The van der Waals surface area contributed by atoms with Gasteiger partial charge >= 0.3 is 0 Å². The second-order valence-corrected chi connectivity index (χ2v) is 3.53. The smallest absolute Gasteiger partial charge is 0.181 e. The van der Waals surface area contributed by atoms with Gasteiger partial charge < -0.3 is 4.42 Å². The monoisotopic (exact) mass is 259 g/mol. The predicted molar refractivity (Wildman–Crippen MR) is 49.6 cm³/mol. The Kier molecular flexibility index (Phi) is 2.33. The lowest BCUT2D eigenvalue weighted by atomic mass is 10.1. The standard InChI is InChI=1S/C9H4BrF2NO/c10-5-1-6(11)9(7(12)2-5)8-3-13-4-14-8/h1-4H. The minimum absolute atomic E-state index is 0.0764. The molecule has 0 radical (unpaired) electrons. The summed E-state index contributed by atoms with van der Waals surface area (Å²) < 4.78 is 31.8. The van der Waals surface area contributed by atoms with Gasteiger partial charge in [-0.25, -0.2) is 13.8 Å².